The van der Waals surface area contributed by atoms with Crippen molar-refractivity contribution in [3.63, 3.8) is 0 Å². The van der Waals surface area contributed by atoms with E-state index in [-0.39, 0.29) is 0 Å². The summed E-state index contributed by atoms with van der Waals surface area (Å²) in [5.41, 5.74) is 28.9. The van der Waals surface area contributed by atoms with Crippen LogP contribution in [0.5, 0.6) is 0 Å². The molecule has 0 fully saturated rings. The van der Waals surface area contributed by atoms with E-state index < -0.39 is 0 Å². The van der Waals surface area contributed by atoms with E-state index in [9.17, 15) is 0 Å². The first kappa shape index (κ1) is 29.2. The Hall–Kier alpha value is -6.92. The maximum Gasteiger partial charge on any atom is 0.0737 e. The van der Waals surface area contributed by atoms with Crippen LogP contribution in [0.1, 0.15) is 22.8 Å². The number of hydrogen-bond acceptors (Lipinski definition) is 4. The summed E-state index contributed by atoms with van der Waals surface area (Å²) in [4.78, 5) is 18.2. The van der Waals surface area contributed by atoms with Gasteiger partial charge in [-0.05, 0) is 83.0 Å². The molecule has 0 unspecified atom stereocenters. The number of hydrogen-bond donors (Lipinski definition) is 4. The molecule has 7 aromatic rings. The Kier molecular flexibility index (Phi) is 6.99. The Balaban J connectivity index is 1.48. The number of fused-ring (bicyclic) bond motifs is 8. The van der Waals surface area contributed by atoms with Crippen molar-refractivity contribution in [2.75, 3.05) is 11.5 Å². The quantitative estimate of drug-likeness (QED) is 0.143. The third kappa shape index (κ3) is 5.07. The summed E-state index contributed by atoms with van der Waals surface area (Å²) in [6.45, 7) is 0. The molecule has 6 N–H and O–H groups in total. The van der Waals surface area contributed by atoms with Crippen molar-refractivity contribution in [1.29, 1.82) is 0 Å². The number of H-pyrrole nitrogens is 2. The van der Waals surface area contributed by atoms with Crippen molar-refractivity contribution in [1.82, 2.24) is 19.9 Å². The Morgan fingerprint density at radius 2 is 0.680 bits per heavy atom. The number of nitrogen functional groups attached to an aromatic ring is 2. The van der Waals surface area contributed by atoms with Gasteiger partial charge in [-0.3, -0.25) is 0 Å². The van der Waals surface area contributed by atoms with Crippen molar-refractivity contribution in [3.05, 3.63) is 156 Å². The zero-order chi connectivity index (χ0) is 33.6. The lowest BCUT2D eigenvalue weighted by Crippen LogP contribution is -1.95. The molecule has 2 aliphatic rings. The van der Waals surface area contributed by atoms with Gasteiger partial charge in [-0.2, -0.15) is 0 Å². The van der Waals surface area contributed by atoms with Crippen LogP contribution in [-0.4, -0.2) is 19.9 Å². The van der Waals surface area contributed by atoms with Crippen LogP contribution in [0.2, 0.25) is 0 Å². The first-order valence-corrected chi connectivity index (χ1v) is 16.6. The van der Waals surface area contributed by atoms with E-state index in [2.05, 4.69) is 131 Å². The zero-order valence-electron chi connectivity index (χ0n) is 27.1. The van der Waals surface area contributed by atoms with Gasteiger partial charge in [-0.1, -0.05) is 97.1 Å². The van der Waals surface area contributed by atoms with Crippen LogP contribution >= 0.6 is 0 Å². The second-order valence-electron chi connectivity index (χ2n) is 12.4. The van der Waals surface area contributed by atoms with Crippen molar-refractivity contribution in [3.8, 4) is 44.5 Å². The minimum absolute atomic E-state index is 0.520. The second kappa shape index (κ2) is 12.0. The maximum atomic E-state index is 6.38. The summed E-state index contributed by atoms with van der Waals surface area (Å²) in [6, 6.07) is 45.5. The molecule has 2 aliphatic heterocycles. The molecule has 0 amide bonds. The molecule has 6 nitrogen and oxygen atoms in total. The molecule has 0 saturated carbocycles. The van der Waals surface area contributed by atoms with Crippen LogP contribution in [0, 0.1) is 0 Å². The van der Waals surface area contributed by atoms with E-state index >= 15 is 0 Å². The highest BCUT2D eigenvalue weighted by Crippen LogP contribution is 2.38. The molecule has 0 radical (unpaired) electrons. The fraction of sp³-hybridized carbons (Fsp3) is 0. The highest BCUT2D eigenvalue weighted by molar-refractivity contribution is 6.00. The van der Waals surface area contributed by atoms with E-state index in [4.69, 9.17) is 21.4 Å². The molecule has 8 bridgehead atoms. The van der Waals surface area contributed by atoms with Gasteiger partial charge in [-0.25, -0.2) is 9.97 Å². The molecular weight excluding hydrogens is 613 g/mol. The zero-order valence-corrected chi connectivity index (χ0v) is 27.1. The SMILES string of the molecule is Nc1ccc(-c2c3nc(c(-c4ccccc4)c4ccc([nH]4)c(-c4ccccc4)c4nc(c(-c5ccccc5)c5ccc2[nH]5)C=C4)C=C3)cc1N. The summed E-state index contributed by atoms with van der Waals surface area (Å²) in [5, 5.41) is 0. The standard InChI is InChI=1S/C44H32N6/c45-31-17-16-30(26-32(31)46)44-39-24-22-37(49-39)42(28-12-6-2-7-13-28)35-20-18-33(47-35)41(27-10-4-1-5-11-27)34-19-21-36(48-34)43(29-14-8-3-9-15-29)38-23-25-40(44)50-38/h1-26,47,50H,45-46H2. The molecule has 9 rings (SSSR count). The third-order valence-corrected chi connectivity index (χ3v) is 9.32. The highest BCUT2D eigenvalue weighted by Gasteiger charge is 2.19. The number of anilines is 2. The lowest BCUT2D eigenvalue weighted by molar-refractivity contribution is 1.31. The van der Waals surface area contributed by atoms with Crippen molar-refractivity contribution < 1.29 is 0 Å². The predicted molar refractivity (Wildman–Crippen MR) is 209 cm³/mol. The summed E-state index contributed by atoms with van der Waals surface area (Å²) in [7, 11) is 0. The predicted octanol–water partition coefficient (Wildman–Crippen LogP) is 10.5. The molecule has 0 saturated heterocycles. The number of rotatable bonds is 4. The van der Waals surface area contributed by atoms with Gasteiger partial charge in [0.25, 0.3) is 0 Å². The Labute approximate surface area is 289 Å². The fourth-order valence-corrected chi connectivity index (χ4v) is 6.96. The van der Waals surface area contributed by atoms with Gasteiger partial charge in [0, 0.05) is 44.3 Å². The van der Waals surface area contributed by atoms with Gasteiger partial charge < -0.3 is 21.4 Å². The van der Waals surface area contributed by atoms with E-state index in [1.54, 1.807) is 0 Å². The normalized spacial score (nSPS) is 12.0. The summed E-state index contributed by atoms with van der Waals surface area (Å²) in [5.74, 6) is 0. The average molecular weight is 645 g/mol. The first-order valence-electron chi connectivity index (χ1n) is 16.6. The van der Waals surface area contributed by atoms with Gasteiger partial charge in [-0.15, -0.1) is 0 Å². The van der Waals surface area contributed by atoms with E-state index in [0.717, 1.165) is 89.4 Å². The first-order chi connectivity index (χ1) is 24.6. The number of aromatic nitrogens is 4. The van der Waals surface area contributed by atoms with Crippen molar-refractivity contribution in [2.24, 2.45) is 0 Å². The van der Waals surface area contributed by atoms with Gasteiger partial charge in [0.1, 0.15) is 0 Å². The van der Waals surface area contributed by atoms with Gasteiger partial charge in [0.15, 0.2) is 0 Å². The lowest BCUT2D eigenvalue weighted by Gasteiger charge is -2.08. The summed E-state index contributed by atoms with van der Waals surface area (Å²) >= 11 is 0. The minimum Gasteiger partial charge on any atom is -0.397 e. The minimum atomic E-state index is 0.520. The molecule has 50 heavy (non-hydrogen) atoms. The van der Waals surface area contributed by atoms with Crippen LogP contribution in [0.3, 0.4) is 0 Å². The molecule has 0 atom stereocenters. The molecular formula is C44H32N6. The Morgan fingerprint density at radius 1 is 0.340 bits per heavy atom. The number of nitrogens with two attached hydrogens (primary N) is 2. The van der Waals surface area contributed by atoms with Gasteiger partial charge >= 0.3 is 0 Å². The van der Waals surface area contributed by atoms with Crippen LogP contribution in [0.25, 0.3) is 90.9 Å². The lowest BCUT2D eigenvalue weighted by atomic mass is 10.0. The molecule has 0 aliphatic carbocycles. The Morgan fingerprint density at radius 3 is 1.02 bits per heavy atom. The number of nitrogens with zero attached hydrogens (tertiary/aromatic N) is 2. The topological polar surface area (TPSA) is 109 Å². The van der Waals surface area contributed by atoms with E-state index in [0.29, 0.717) is 11.4 Å². The smallest absolute Gasteiger partial charge is 0.0737 e. The van der Waals surface area contributed by atoms with Crippen molar-refractivity contribution >= 4 is 57.7 Å². The highest BCUT2D eigenvalue weighted by atomic mass is 14.8. The fourth-order valence-electron chi connectivity index (χ4n) is 6.96. The molecule has 5 heterocycles. The average Bonchev–Trinajstić information content (AvgIpc) is 3.99. The van der Waals surface area contributed by atoms with Crippen LogP contribution in [0.4, 0.5) is 11.4 Å². The maximum absolute atomic E-state index is 6.38. The Bertz CT molecular complexity index is 2610. The van der Waals surface area contributed by atoms with Crippen LogP contribution in [0.15, 0.2) is 133 Å². The van der Waals surface area contributed by atoms with Crippen LogP contribution in [-0.2, 0) is 0 Å². The number of benzene rings is 4. The third-order valence-electron chi connectivity index (χ3n) is 9.32. The monoisotopic (exact) mass is 644 g/mol. The molecule has 6 heteroatoms. The molecule has 3 aromatic heterocycles. The second-order valence-corrected chi connectivity index (χ2v) is 12.4. The molecule has 4 aromatic carbocycles. The van der Waals surface area contributed by atoms with Gasteiger partial charge in [0.05, 0.1) is 34.2 Å². The van der Waals surface area contributed by atoms with E-state index in [1.165, 1.54) is 0 Å². The van der Waals surface area contributed by atoms with Crippen LogP contribution < -0.4 is 11.5 Å². The molecule has 0 spiro atoms. The summed E-state index contributed by atoms with van der Waals surface area (Å²) < 4.78 is 0. The van der Waals surface area contributed by atoms with Gasteiger partial charge in [0.2, 0.25) is 0 Å². The largest absolute Gasteiger partial charge is 0.397 e. The molecule has 238 valence electrons. The van der Waals surface area contributed by atoms with E-state index in [1.807, 2.05) is 36.4 Å². The van der Waals surface area contributed by atoms with Crippen molar-refractivity contribution in [2.45, 2.75) is 0 Å². The number of nitrogens with one attached hydrogen (secondary N) is 2. The summed E-state index contributed by atoms with van der Waals surface area (Å²) in [6.07, 6.45) is 8.40. The number of aromatic amines is 2.